The third kappa shape index (κ3) is 3.84. The minimum absolute atomic E-state index is 0.140. The van der Waals surface area contributed by atoms with Gasteiger partial charge in [-0.25, -0.2) is 9.79 Å². The molecule has 0 radical (unpaired) electrons. The fourth-order valence-electron chi connectivity index (χ4n) is 2.40. The maximum absolute atomic E-state index is 12.1. The zero-order valence-electron chi connectivity index (χ0n) is 14.1. The smallest absolute Gasteiger partial charge is 0.363 e. The standard InChI is InChI=1S/C19H15Cl2NO4/c1-3-25-17-9-11(4-7-16(17)24-2)8-15-19(23)26-18(22-15)13-6-5-12(20)10-14(13)21/h4-10H,3H2,1-2H3/b15-8-. The highest BCUT2D eigenvalue weighted by atomic mass is 35.5. The molecule has 0 fully saturated rings. The quantitative estimate of drug-likeness (QED) is 0.545. The number of nitrogens with zero attached hydrogens (tertiary/aromatic N) is 1. The lowest BCUT2D eigenvalue weighted by Gasteiger charge is -2.09. The second kappa shape index (κ2) is 7.81. The largest absolute Gasteiger partial charge is 0.493 e. The van der Waals surface area contributed by atoms with Gasteiger partial charge in [0.15, 0.2) is 17.2 Å². The number of carbonyl (C=O) groups is 1. The van der Waals surface area contributed by atoms with Crippen molar-refractivity contribution in [2.75, 3.05) is 13.7 Å². The topological polar surface area (TPSA) is 57.1 Å². The first-order valence-electron chi connectivity index (χ1n) is 7.80. The van der Waals surface area contributed by atoms with Gasteiger partial charge in [-0.15, -0.1) is 0 Å². The highest BCUT2D eigenvalue weighted by Crippen LogP contribution is 2.30. The van der Waals surface area contributed by atoms with Gasteiger partial charge in [0.1, 0.15) is 0 Å². The molecule has 0 aromatic heterocycles. The van der Waals surface area contributed by atoms with Gasteiger partial charge in [0.25, 0.3) is 0 Å². The molecule has 0 unspecified atom stereocenters. The van der Waals surface area contributed by atoms with Crippen LogP contribution in [0.2, 0.25) is 10.0 Å². The van der Waals surface area contributed by atoms with E-state index in [1.807, 2.05) is 6.92 Å². The maximum Gasteiger partial charge on any atom is 0.363 e. The summed E-state index contributed by atoms with van der Waals surface area (Å²) in [6.07, 6.45) is 1.61. The van der Waals surface area contributed by atoms with Crippen LogP contribution in [0.4, 0.5) is 0 Å². The Hall–Kier alpha value is -2.50. The van der Waals surface area contributed by atoms with Crippen molar-refractivity contribution in [1.82, 2.24) is 0 Å². The SMILES string of the molecule is CCOc1cc(/C=C2\N=C(c3ccc(Cl)cc3Cl)OC2=O)ccc1OC. The van der Waals surface area contributed by atoms with Crippen molar-refractivity contribution in [2.24, 2.45) is 4.99 Å². The summed E-state index contributed by atoms with van der Waals surface area (Å²) in [7, 11) is 1.57. The van der Waals surface area contributed by atoms with E-state index in [0.717, 1.165) is 5.56 Å². The van der Waals surface area contributed by atoms with Crippen molar-refractivity contribution in [1.29, 1.82) is 0 Å². The van der Waals surface area contributed by atoms with Crippen LogP contribution >= 0.6 is 23.2 Å². The second-order valence-electron chi connectivity index (χ2n) is 5.30. The molecule has 1 aliphatic rings. The minimum Gasteiger partial charge on any atom is -0.493 e. The summed E-state index contributed by atoms with van der Waals surface area (Å²) in [4.78, 5) is 16.4. The zero-order valence-corrected chi connectivity index (χ0v) is 15.6. The molecule has 7 heteroatoms. The summed E-state index contributed by atoms with van der Waals surface area (Å²) < 4.78 is 16.0. The summed E-state index contributed by atoms with van der Waals surface area (Å²) in [5, 5.41) is 0.842. The molecule has 0 amide bonds. The number of methoxy groups -OCH3 is 1. The van der Waals surface area contributed by atoms with Crippen LogP contribution in [0.1, 0.15) is 18.1 Å². The number of rotatable bonds is 5. The van der Waals surface area contributed by atoms with Crippen LogP contribution in [0.3, 0.4) is 0 Å². The number of halogens is 2. The molecule has 0 saturated carbocycles. The van der Waals surface area contributed by atoms with Gasteiger partial charge in [-0.1, -0.05) is 29.3 Å². The van der Waals surface area contributed by atoms with E-state index in [9.17, 15) is 4.79 Å². The normalized spacial score (nSPS) is 15.0. The molecule has 0 spiro atoms. The first-order chi connectivity index (χ1) is 12.5. The molecule has 134 valence electrons. The van der Waals surface area contributed by atoms with Crippen molar-refractivity contribution < 1.29 is 19.0 Å². The van der Waals surface area contributed by atoms with Crippen LogP contribution in [0.15, 0.2) is 47.1 Å². The molecule has 2 aromatic carbocycles. The molecule has 0 saturated heterocycles. The lowest BCUT2D eigenvalue weighted by Crippen LogP contribution is -2.05. The Morgan fingerprint density at radius 2 is 1.96 bits per heavy atom. The Balaban J connectivity index is 1.94. The number of aliphatic imine (C=N–C) groups is 1. The van der Waals surface area contributed by atoms with Crippen molar-refractivity contribution in [2.45, 2.75) is 6.92 Å². The van der Waals surface area contributed by atoms with E-state index in [1.165, 1.54) is 0 Å². The molecule has 0 aliphatic carbocycles. The van der Waals surface area contributed by atoms with Crippen LogP contribution in [0.5, 0.6) is 11.5 Å². The van der Waals surface area contributed by atoms with Gasteiger partial charge >= 0.3 is 5.97 Å². The van der Waals surface area contributed by atoms with E-state index < -0.39 is 5.97 Å². The summed E-state index contributed by atoms with van der Waals surface area (Å²) >= 11 is 12.0. The van der Waals surface area contributed by atoms with E-state index in [-0.39, 0.29) is 11.6 Å². The zero-order chi connectivity index (χ0) is 18.7. The number of ether oxygens (including phenoxy) is 3. The molecule has 0 N–H and O–H groups in total. The van der Waals surface area contributed by atoms with Crippen LogP contribution in [0.25, 0.3) is 6.08 Å². The van der Waals surface area contributed by atoms with Crippen LogP contribution < -0.4 is 9.47 Å². The molecule has 3 rings (SSSR count). The van der Waals surface area contributed by atoms with E-state index in [4.69, 9.17) is 37.4 Å². The van der Waals surface area contributed by atoms with Crippen molar-refractivity contribution in [3.63, 3.8) is 0 Å². The Bertz CT molecular complexity index is 922. The summed E-state index contributed by atoms with van der Waals surface area (Å²) in [6.45, 7) is 2.38. The lowest BCUT2D eigenvalue weighted by molar-refractivity contribution is -0.129. The number of benzene rings is 2. The second-order valence-corrected chi connectivity index (χ2v) is 6.15. The highest BCUT2D eigenvalue weighted by molar-refractivity contribution is 6.37. The molecular formula is C19H15Cl2NO4. The summed E-state index contributed by atoms with van der Waals surface area (Å²) in [5.74, 6) is 0.780. The maximum atomic E-state index is 12.1. The van der Waals surface area contributed by atoms with E-state index in [0.29, 0.717) is 33.7 Å². The monoisotopic (exact) mass is 391 g/mol. The first kappa shape index (κ1) is 18.3. The third-order valence-corrected chi connectivity index (χ3v) is 4.12. The van der Waals surface area contributed by atoms with E-state index in [1.54, 1.807) is 49.6 Å². The van der Waals surface area contributed by atoms with Crippen LogP contribution in [-0.4, -0.2) is 25.6 Å². The molecule has 0 atom stereocenters. The molecular weight excluding hydrogens is 377 g/mol. The Labute approximate surface area is 160 Å². The van der Waals surface area contributed by atoms with E-state index >= 15 is 0 Å². The van der Waals surface area contributed by atoms with Gasteiger partial charge in [0, 0.05) is 5.02 Å². The Morgan fingerprint density at radius 3 is 2.65 bits per heavy atom. The Kier molecular flexibility index (Phi) is 5.49. The fraction of sp³-hybridized carbons (Fsp3) is 0.158. The van der Waals surface area contributed by atoms with E-state index in [2.05, 4.69) is 4.99 Å². The molecule has 0 bridgehead atoms. The van der Waals surface area contributed by atoms with Gasteiger partial charge in [-0.3, -0.25) is 0 Å². The molecule has 1 aliphatic heterocycles. The molecule has 2 aromatic rings. The number of carbonyl (C=O) groups excluding carboxylic acids is 1. The van der Waals surface area contributed by atoms with Gasteiger partial charge in [0.2, 0.25) is 5.90 Å². The van der Waals surface area contributed by atoms with Crippen molar-refractivity contribution in [3.05, 3.63) is 63.3 Å². The summed E-state index contributed by atoms with van der Waals surface area (Å²) in [6, 6.07) is 10.2. The van der Waals surface area contributed by atoms with Crippen LogP contribution in [0, 0.1) is 0 Å². The molecule has 5 nitrogen and oxygen atoms in total. The van der Waals surface area contributed by atoms with Gasteiger partial charge in [-0.2, -0.15) is 0 Å². The van der Waals surface area contributed by atoms with Crippen molar-refractivity contribution in [3.8, 4) is 11.5 Å². The van der Waals surface area contributed by atoms with Gasteiger partial charge in [-0.05, 0) is 48.9 Å². The highest BCUT2D eigenvalue weighted by Gasteiger charge is 2.25. The predicted molar refractivity (Wildman–Crippen MR) is 101 cm³/mol. The lowest BCUT2D eigenvalue weighted by atomic mass is 10.1. The summed E-state index contributed by atoms with van der Waals surface area (Å²) in [5.41, 5.74) is 1.39. The van der Waals surface area contributed by atoms with Crippen LogP contribution in [-0.2, 0) is 9.53 Å². The number of hydrogen-bond acceptors (Lipinski definition) is 5. The Morgan fingerprint density at radius 1 is 1.15 bits per heavy atom. The molecule has 1 heterocycles. The number of esters is 1. The average Bonchev–Trinajstić information content (AvgIpc) is 2.96. The predicted octanol–water partition coefficient (Wildman–Crippen LogP) is 4.75. The number of cyclic esters (lactones) is 1. The average molecular weight is 392 g/mol. The fourth-order valence-corrected chi connectivity index (χ4v) is 2.89. The van der Waals surface area contributed by atoms with Crippen molar-refractivity contribution >= 4 is 41.1 Å². The van der Waals surface area contributed by atoms with Gasteiger partial charge < -0.3 is 14.2 Å². The first-order valence-corrected chi connectivity index (χ1v) is 8.56. The molecule has 26 heavy (non-hydrogen) atoms. The number of hydrogen-bond donors (Lipinski definition) is 0. The third-order valence-electron chi connectivity index (χ3n) is 3.57. The minimum atomic E-state index is -0.556. The van der Waals surface area contributed by atoms with Gasteiger partial charge in [0.05, 0.1) is 24.3 Å².